The summed E-state index contributed by atoms with van der Waals surface area (Å²) in [4.78, 5) is 24.8. The summed E-state index contributed by atoms with van der Waals surface area (Å²) in [5, 5.41) is 3.60. The number of anilines is 2. The zero-order valence-corrected chi connectivity index (χ0v) is 13.3. The smallest absolute Gasteiger partial charge is 0.341 e. The number of carbonyl (C=O) groups is 1. The highest BCUT2D eigenvalue weighted by Crippen LogP contribution is 2.40. The van der Waals surface area contributed by atoms with Crippen LogP contribution >= 0.6 is 34.5 Å². The Labute approximate surface area is 134 Å². The minimum atomic E-state index is -0.372. The van der Waals surface area contributed by atoms with Crippen molar-refractivity contribution >= 4 is 51.5 Å². The van der Waals surface area contributed by atoms with Gasteiger partial charge in [0, 0.05) is 4.88 Å². The Kier molecular flexibility index (Phi) is 3.97. The van der Waals surface area contributed by atoms with E-state index in [1.165, 1.54) is 23.3 Å². The maximum Gasteiger partial charge on any atom is 0.341 e. The number of ether oxygens (including phenoxy) is 1. The summed E-state index contributed by atoms with van der Waals surface area (Å²) in [5.74, 6) is -0.173. The molecule has 6 nitrogen and oxygen atoms in total. The second-order valence-corrected chi connectivity index (χ2v) is 6.16. The van der Waals surface area contributed by atoms with E-state index in [9.17, 15) is 4.79 Å². The van der Waals surface area contributed by atoms with Gasteiger partial charge in [-0.25, -0.2) is 4.79 Å². The Hall–Kier alpha value is -1.44. The minimum Gasteiger partial charge on any atom is -0.465 e. The molecule has 110 valence electrons. The maximum absolute atomic E-state index is 12.0. The first kappa shape index (κ1) is 14.5. The third-order valence-electron chi connectivity index (χ3n) is 3.12. The lowest BCUT2D eigenvalue weighted by Crippen LogP contribution is -2.07. The topological polar surface area (TPSA) is 77.0 Å². The van der Waals surface area contributed by atoms with Gasteiger partial charge in [0.2, 0.25) is 16.5 Å². The highest BCUT2D eigenvalue weighted by Gasteiger charge is 2.27. The molecule has 0 bridgehead atoms. The minimum absolute atomic E-state index is 0.0128. The highest BCUT2D eigenvalue weighted by molar-refractivity contribution is 7.16. The normalized spacial score (nSPS) is 13.1. The molecule has 0 aromatic carbocycles. The quantitative estimate of drug-likeness (QED) is 0.861. The van der Waals surface area contributed by atoms with Crippen LogP contribution < -0.4 is 5.32 Å². The predicted molar refractivity (Wildman–Crippen MR) is 80.8 cm³/mol. The van der Waals surface area contributed by atoms with Crippen molar-refractivity contribution < 1.29 is 9.53 Å². The molecule has 2 aromatic heterocycles. The lowest BCUT2D eigenvalue weighted by molar-refractivity contribution is 0.0601. The van der Waals surface area contributed by atoms with Gasteiger partial charge in [0.1, 0.15) is 5.00 Å². The number of thiophene rings is 1. The van der Waals surface area contributed by atoms with Crippen LogP contribution in [0.5, 0.6) is 0 Å². The molecule has 0 unspecified atom stereocenters. The first-order chi connectivity index (χ1) is 10.1. The Morgan fingerprint density at radius 3 is 2.62 bits per heavy atom. The second kappa shape index (κ2) is 5.75. The average molecular weight is 345 g/mol. The zero-order chi connectivity index (χ0) is 15.0. The van der Waals surface area contributed by atoms with Crippen LogP contribution in [0.15, 0.2) is 0 Å². The molecule has 9 heteroatoms. The van der Waals surface area contributed by atoms with Gasteiger partial charge in [-0.3, -0.25) is 0 Å². The van der Waals surface area contributed by atoms with Gasteiger partial charge in [0.15, 0.2) is 0 Å². The van der Waals surface area contributed by atoms with Crippen molar-refractivity contribution in [3.63, 3.8) is 0 Å². The van der Waals surface area contributed by atoms with Crippen molar-refractivity contribution in [1.82, 2.24) is 15.0 Å². The maximum atomic E-state index is 12.0. The summed E-state index contributed by atoms with van der Waals surface area (Å²) in [6.07, 6.45) is 2.88. The molecule has 0 radical (unpaired) electrons. The fourth-order valence-corrected chi connectivity index (χ4v) is 3.93. The van der Waals surface area contributed by atoms with E-state index >= 15 is 0 Å². The van der Waals surface area contributed by atoms with Crippen molar-refractivity contribution in [1.29, 1.82) is 0 Å². The third kappa shape index (κ3) is 2.81. The molecule has 0 spiro atoms. The largest absolute Gasteiger partial charge is 0.465 e. The zero-order valence-electron chi connectivity index (χ0n) is 10.9. The van der Waals surface area contributed by atoms with Crippen LogP contribution in [0.3, 0.4) is 0 Å². The van der Waals surface area contributed by atoms with E-state index in [4.69, 9.17) is 27.9 Å². The number of rotatable bonds is 3. The Balaban J connectivity index is 2.00. The summed E-state index contributed by atoms with van der Waals surface area (Å²) in [7, 11) is 1.36. The van der Waals surface area contributed by atoms with Crippen LogP contribution in [-0.4, -0.2) is 28.0 Å². The lowest BCUT2D eigenvalue weighted by atomic mass is 10.1. The van der Waals surface area contributed by atoms with Crippen LogP contribution in [0.1, 0.15) is 27.2 Å². The fraction of sp³-hybridized carbons (Fsp3) is 0.333. The molecular weight excluding hydrogens is 335 g/mol. The van der Waals surface area contributed by atoms with Crippen LogP contribution in [0.25, 0.3) is 0 Å². The SMILES string of the molecule is COC(=O)c1c(Nc2nc(Cl)nc(Cl)n2)sc2c1CCC2. The molecule has 2 aromatic rings. The van der Waals surface area contributed by atoms with Gasteiger partial charge in [-0.2, -0.15) is 15.0 Å². The van der Waals surface area contributed by atoms with Gasteiger partial charge < -0.3 is 10.1 Å². The highest BCUT2D eigenvalue weighted by atomic mass is 35.5. The average Bonchev–Trinajstić information content (AvgIpc) is 2.96. The van der Waals surface area contributed by atoms with Crippen molar-refractivity contribution in [3.05, 3.63) is 26.6 Å². The summed E-state index contributed by atoms with van der Waals surface area (Å²) in [5.41, 5.74) is 1.59. The van der Waals surface area contributed by atoms with Crippen LogP contribution in [-0.2, 0) is 17.6 Å². The number of hydrogen-bond acceptors (Lipinski definition) is 7. The molecule has 0 saturated carbocycles. The number of hydrogen-bond donors (Lipinski definition) is 1. The van der Waals surface area contributed by atoms with Gasteiger partial charge in [-0.1, -0.05) is 0 Å². The number of nitrogens with zero attached hydrogens (tertiary/aromatic N) is 3. The van der Waals surface area contributed by atoms with Gasteiger partial charge in [0.05, 0.1) is 12.7 Å². The van der Waals surface area contributed by atoms with Crippen LogP contribution in [0.4, 0.5) is 10.9 Å². The van der Waals surface area contributed by atoms with Gasteiger partial charge >= 0.3 is 5.97 Å². The number of carbonyl (C=O) groups excluding carboxylic acids is 1. The molecule has 0 fully saturated rings. The molecule has 0 amide bonds. The standard InChI is InChI=1S/C12H10Cl2N4O2S/c1-20-9(19)7-5-3-2-4-6(5)21-8(7)15-12-17-10(13)16-11(14)18-12/h2-4H2,1H3,(H,15,16,17,18). The number of aryl methyl sites for hydroxylation is 1. The van der Waals surface area contributed by atoms with E-state index < -0.39 is 0 Å². The molecule has 0 atom stereocenters. The fourth-order valence-electron chi connectivity index (χ4n) is 2.29. The van der Waals surface area contributed by atoms with Gasteiger partial charge in [-0.05, 0) is 48.0 Å². The first-order valence-electron chi connectivity index (χ1n) is 6.15. The lowest BCUT2D eigenvalue weighted by Gasteiger charge is -2.06. The summed E-state index contributed by atoms with van der Waals surface area (Å²) in [6, 6.07) is 0. The molecule has 1 N–H and O–H groups in total. The number of fused-ring (bicyclic) bond motifs is 1. The van der Waals surface area contributed by atoms with E-state index in [1.807, 2.05) is 0 Å². The van der Waals surface area contributed by atoms with Crippen molar-refractivity contribution in [2.45, 2.75) is 19.3 Å². The van der Waals surface area contributed by atoms with E-state index in [0.29, 0.717) is 10.6 Å². The monoisotopic (exact) mass is 344 g/mol. The first-order valence-corrected chi connectivity index (χ1v) is 7.72. The number of esters is 1. The molecule has 2 heterocycles. The summed E-state index contributed by atoms with van der Waals surface area (Å²) >= 11 is 13.0. The van der Waals surface area contributed by atoms with E-state index in [-0.39, 0.29) is 22.5 Å². The molecule has 0 aliphatic heterocycles. The Morgan fingerprint density at radius 2 is 1.95 bits per heavy atom. The second-order valence-electron chi connectivity index (χ2n) is 4.38. The molecule has 3 rings (SSSR count). The number of nitrogens with one attached hydrogen (secondary N) is 1. The molecule has 21 heavy (non-hydrogen) atoms. The third-order valence-corrected chi connectivity index (χ3v) is 4.66. The van der Waals surface area contributed by atoms with Crippen LogP contribution in [0, 0.1) is 0 Å². The molecular formula is C12H10Cl2N4O2S. The molecule has 0 saturated heterocycles. The Bertz CT molecular complexity index is 699. The van der Waals surface area contributed by atoms with E-state index in [2.05, 4.69) is 20.3 Å². The van der Waals surface area contributed by atoms with Gasteiger partial charge in [0.25, 0.3) is 0 Å². The van der Waals surface area contributed by atoms with Crippen molar-refractivity contribution in [3.8, 4) is 0 Å². The van der Waals surface area contributed by atoms with Gasteiger partial charge in [-0.15, -0.1) is 11.3 Å². The summed E-state index contributed by atoms with van der Waals surface area (Å²) < 4.78 is 4.87. The van der Waals surface area contributed by atoms with Crippen molar-refractivity contribution in [2.75, 3.05) is 12.4 Å². The van der Waals surface area contributed by atoms with Crippen LogP contribution in [0.2, 0.25) is 10.6 Å². The molecule has 1 aliphatic rings. The number of methoxy groups -OCH3 is 1. The van der Waals surface area contributed by atoms with Crippen molar-refractivity contribution in [2.24, 2.45) is 0 Å². The summed E-state index contributed by atoms with van der Waals surface area (Å²) in [6.45, 7) is 0. The van der Waals surface area contributed by atoms with E-state index in [1.54, 1.807) is 0 Å². The number of aromatic nitrogens is 3. The number of halogens is 2. The predicted octanol–water partition coefficient (Wildman–Crippen LogP) is 3.26. The van der Waals surface area contributed by atoms with E-state index in [0.717, 1.165) is 24.8 Å². The molecule has 1 aliphatic carbocycles. The Morgan fingerprint density at radius 1 is 1.24 bits per heavy atom.